The van der Waals surface area contributed by atoms with E-state index in [1.54, 1.807) is 18.2 Å². The van der Waals surface area contributed by atoms with Crippen LogP contribution in [0.1, 0.15) is 10.5 Å². The number of methoxy groups -OCH3 is 2. The predicted octanol–water partition coefficient (Wildman–Crippen LogP) is 3.77. The monoisotopic (exact) mass is 410 g/mol. The van der Waals surface area contributed by atoms with Gasteiger partial charge in [-0.25, -0.2) is 4.98 Å². The number of anilines is 1. The van der Waals surface area contributed by atoms with E-state index in [9.17, 15) is 9.90 Å². The Morgan fingerprint density at radius 1 is 1.14 bits per heavy atom. The molecule has 2 heterocycles. The van der Waals surface area contributed by atoms with Gasteiger partial charge in [-0.3, -0.25) is 15.6 Å². The molecule has 8 nitrogen and oxygen atoms in total. The van der Waals surface area contributed by atoms with Gasteiger partial charge in [-0.2, -0.15) is 0 Å². The second kappa shape index (κ2) is 7.72. The van der Waals surface area contributed by atoms with Crippen molar-refractivity contribution in [2.75, 3.05) is 19.6 Å². The van der Waals surface area contributed by atoms with Gasteiger partial charge in [-0.15, -0.1) is 11.3 Å². The lowest BCUT2D eigenvalue weighted by Gasteiger charge is -2.10. The standard InChI is InChI=1S/C20H18N4O4S/c1-27-16-8-12(9-17(28-2)18(16)25)15-10-29-20(22-15)24-23-19(26)14-7-11-5-3-4-6-13(11)21-14/h3-10,21,25H,1-2H3,(H,22,24)(H,23,26). The highest BCUT2D eigenvalue weighted by Crippen LogP contribution is 2.40. The maximum Gasteiger partial charge on any atom is 0.286 e. The van der Waals surface area contributed by atoms with Crippen LogP contribution in [0, 0.1) is 0 Å². The highest BCUT2D eigenvalue weighted by atomic mass is 32.1. The molecule has 9 heteroatoms. The summed E-state index contributed by atoms with van der Waals surface area (Å²) in [4.78, 5) is 19.9. The number of benzene rings is 2. The van der Waals surface area contributed by atoms with Crippen LogP contribution in [0.25, 0.3) is 22.2 Å². The summed E-state index contributed by atoms with van der Waals surface area (Å²) in [5, 5.41) is 13.3. The Morgan fingerprint density at radius 2 is 1.86 bits per heavy atom. The minimum Gasteiger partial charge on any atom is -0.502 e. The summed E-state index contributed by atoms with van der Waals surface area (Å²) in [6.45, 7) is 0. The molecule has 1 amide bonds. The van der Waals surface area contributed by atoms with Crippen LogP contribution in [-0.2, 0) is 0 Å². The molecule has 0 spiro atoms. The topological polar surface area (TPSA) is 109 Å². The number of thiazole rings is 1. The molecule has 2 aromatic carbocycles. The Bertz CT molecular complexity index is 1130. The third kappa shape index (κ3) is 3.67. The molecule has 4 aromatic rings. The molecular weight excluding hydrogens is 392 g/mol. The van der Waals surface area contributed by atoms with Gasteiger partial charge >= 0.3 is 0 Å². The lowest BCUT2D eigenvalue weighted by atomic mass is 10.1. The molecule has 0 saturated carbocycles. The maximum atomic E-state index is 12.4. The Hall–Kier alpha value is -3.72. The number of aromatic amines is 1. The number of hydrazine groups is 1. The maximum absolute atomic E-state index is 12.4. The second-order valence-corrected chi connectivity index (χ2v) is 6.97. The molecule has 0 fully saturated rings. The van der Waals surface area contributed by atoms with Gasteiger partial charge in [0.2, 0.25) is 10.9 Å². The van der Waals surface area contributed by atoms with Crippen LogP contribution < -0.4 is 20.3 Å². The van der Waals surface area contributed by atoms with E-state index in [1.165, 1.54) is 25.6 Å². The summed E-state index contributed by atoms with van der Waals surface area (Å²) in [6.07, 6.45) is 0. The van der Waals surface area contributed by atoms with Crippen molar-refractivity contribution in [3.8, 4) is 28.5 Å². The molecule has 0 unspecified atom stereocenters. The van der Waals surface area contributed by atoms with E-state index in [4.69, 9.17) is 9.47 Å². The first kappa shape index (κ1) is 18.6. The van der Waals surface area contributed by atoms with E-state index in [2.05, 4.69) is 20.8 Å². The third-order valence-electron chi connectivity index (χ3n) is 4.34. The van der Waals surface area contributed by atoms with Gasteiger partial charge in [0.1, 0.15) is 5.69 Å². The number of nitrogens with zero attached hydrogens (tertiary/aromatic N) is 1. The van der Waals surface area contributed by atoms with Crippen LogP contribution in [0.2, 0.25) is 0 Å². The SMILES string of the molecule is COc1cc(-c2csc(NNC(=O)c3cc4ccccc4[nH]3)n2)cc(OC)c1O. The van der Waals surface area contributed by atoms with Crippen molar-refractivity contribution in [2.24, 2.45) is 0 Å². The summed E-state index contributed by atoms with van der Waals surface area (Å²) in [7, 11) is 2.93. The van der Waals surface area contributed by atoms with Crippen molar-refractivity contribution >= 4 is 33.3 Å². The van der Waals surface area contributed by atoms with E-state index >= 15 is 0 Å². The molecule has 0 aliphatic rings. The van der Waals surface area contributed by atoms with Crippen LogP contribution in [0.5, 0.6) is 17.2 Å². The summed E-state index contributed by atoms with van der Waals surface area (Å²) in [5.74, 6) is 0.201. The molecular formula is C20H18N4O4S. The number of fused-ring (bicyclic) bond motifs is 1. The minimum atomic E-state index is -0.300. The van der Waals surface area contributed by atoms with Crippen molar-refractivity contribution in [2.45, 2.75) is 0 Å². The van der Waals surface area contributed by atoms with E-state index < -0.39 is 0 Å². The number of phenols is 1. The first-order valence-electron chi connectivity index (χ1n) is 8.64. The number of ether oxygens (including phenoxy) is 2. The zero-order valence-corrected chi connectivity index (χ0v) is 16.5. The largest absolute Gasteiger partial charge is 0.502 e. The fourth-order valence-corrected chi connectivity index (χ4v) is 3.55. The van der Waals surface area contributed by atoms with Gasteiger partial charge in [0.15, 0.2) is 11.5 Å². The quantitative estimate of drug-likeness (QED) is 0.360. The molecule has 4 rings (SSSR count). The molecule has 0 radical (unpaired) electrons. The normalized spacial score (nSPS) is 10.7. The van der Waals surface area contributed by atoms with Crippen LogP contribution >= 0.6 is 11.3 Å². The van der Waals surface area contributed by atoms with Crippen LogP contribution in [0.4, 0.5) is 5.13 Å². The highest BCUT2D eigenvalue weighted by Gasteiger charge is 2.15. The Morgan fingerprint density at radius 3 is 2.55 bits per heavy atom. The fraction of sp³-hybridized carbons (Fsp3) is 0.100. The third-order valence-corrected chi connectivity index (χ3v) is 5.10. The zero-order chi connectivity index (χ0) is 20.4. The molecule has 0 atom stereocenters. The molecule has 2 aromatic heterocycles. The minimum absolute atomic E-state index is 0.0714. The number of carbonyl (C=O) groups excluding carboxylic acids is 1. The van der Waals surface area contributed by atoms with E-state index in [0.29, 0.717) is 22.1 Å². The van der Waals surface area contributed by atoms with Crippen LogP contribution in [0.3, 0.4) is 0 Å². The summed E-state index contributed by atoms with van der Waals surface area (Å²) in [5.41, 5.74) is 8.15. The lowest BCUT2D eigenvalue weighted by Crippen LogP contribution is -2.29. The number of para-hydroxylation sites is 1. The van der Waals surface area contributed by atoms with Crippen LogP contribution in [-0.4, -0.2) is 35.2 Å². The van der Waals surface area contributed by atoms with Crippen molar-refractivity contribution < 1.29 is 19.4 Å². The second-order valence-electron chi connectivity index (χ2n) is 6.12. The van der Waals surface area contributed by atoms with Crippen molar-refractivity contribution in [3.05, 3.63) is 53.5 Å². The average molecular weight is 410 g/mol. The number of carbonyl (C=O) groups is 1. The van der Waals surface area contributed by atoms with E-state index in [1.807, 2.05) is 29.6 Å². The van der Waals surface area contributed by atoms with Crippen molar-refractivity contribution in [1.29, 1.82) is 0 Å². The zero-order valence-electron chi connectivity index (χ0n) is 15.6. The first-order valence-corrected chi connectivity index (χ1v) is 9.52. The van der Waals surface area contributed by atoms with Gasteiger partial charge < -0.3 is 19.6 Å². The van der Waals surface area contributed by atoms with E-state index in [-0.39, 0.29) is 23.2 Å². The molecule has 0 aliphatic carbocycles. The van der Waals surface area contributed by atoms with Gasteiger partial charge in [-0.05, 0) is 24.3 Å². The number of rotatable bonds is 6. The van der Waals surface area contributed by atoms with Gasteiger partial charge in [0.25, 0.3) is 5.91 Å². The number of nitrogens with one attached hydrogen (secondary N) is 3. The van der Waals surface area contributed by atoms with Crippen LogP contribution in [0.15, 0.2) is 47.8 Å². The number of amides is 1. The average Bonchev–Trinajstić information content (AvgIpc) is 3.39. The molecule has 0 saturated heterocycles. The van der Waals surface area contributed by atoms with Crippen molar-refractivity contribution in [3.63, 3.8) is 0 Å². The number of aromatic nitrogens is 2. The molecule has 4 N–H and O–H groups in total. The summed E-state index contributed by atoms with van der Waals surface area (Å²) >= 11 is 1.33. The number of hydrogen-bond acceptors (Lipinski definition) is 7. The van der Waals surface area contributed by atoms with Gasteiger partial charge in [-0.1, -0.05) is 18.2 Å². The smallest absolute Gasteiger partial charge is 0.286 e. The fourth-order valence-electron chi connectivity index (χ4n) is 2.88. The summed E-state index contributed by atoms with van der Waals surface area (Å²) < 4.78 is 10.4. The highest BCUT2D eigenvalue weighted by molar-refractivity contribution is 7.14. The summed E-state index contributed by atoms with van der Waals surface area (Å²) in [6, 6.07) is 12.8. The molecule has 29 heavy (non-hydrogen) atoms. The molecule has 148 valence electrons. The first-order chi connectivity index (χ1) is 14.1. The molecule has 0 bridgehead atoms. The number of H-pyrrole nitrogens is 1. The Labute approximate surface area is 170 Å². The van der Waals surface area contributed by atoms with Gasteiger partial charge in [0.05, 0.1) is 19.9 Å². The number of hydrogen-bond donors (Lipinski definition) is 4. The van der Waals surface area contributed by atoms with E-state index in [0.717, 1.165) is 10.9 Å². The number of aromatic hydroxyl groups is 1. The van der Waals surface area contributed by atoms with Gasteiger partial charge in [0, 0.05) is 21.8 Å². The lowest BCUT2D eigenvalue weighted by molar-refractivity contribution is 0.0958. The Kier molecular flexibility index (Phi) is 4.96. The molecule has 0 aliphatic heterocycles. The number of phenolic OH excluding ortho intramolecular Hbond substituents is 1. The predicted molar refractivity (Wildman–Crippen MR) is 112 cm³/mol. The van der Waals surface area contributed by atoms with Crippen molar-refractivity contribution in [1.82, 2.24) is 15.4 Å². The Balaban J connectivity index is 1.49.